The summed E-state index contributed by atoms with van der Waals surface area (Å²) in [5.41, 5.74) is 4.18. The van der Waals surface area contributed by atoms with Crippen molar-refractivity contribution in [3.63, 3.8) is 0 Å². The highest BCUT2D eigenvalue weighted by Crippen LogP contribution is 2.56. The van der Waals surface area contributed by atoms with E-state index in [4.69, 9.17) is 9.72 Å². The van der Waals surface area contributed by atoms with Crippen LogP contribution >= 0.6 is 0 Å². The number of ether oxygens (including phenoxy) is 1. The third kappa shape index (κ3) is 4.15. The number of carbonyl (C=O) groups excluding carboxylic acids is 4. The number of Topliss-reactive ketones (excluding diaryl/α,β-unsaturated/α-hetero) is 1. The third-order valence-corrected chi connectivity index (χ3v) is 9.04. The maximum Gasteiger partial charge on any atom is 0.339 e. The number of imide groups is 1. The molecular weight excluding hydrogens is 516 g/mol. The largest absolute Gasteiger partial charge is 0.454 e. The summed E-state index contributed by atoms with van der Waals surface area (Å²) in [6, 6.07) is 23.1. The van der Waals surface area contributed by atoms with E-state index in [-0.39, 0.29) is 36.0 Å². The van der Waals surface area contributed by atoms with E-state index in [2.05, 4.69) is 0 Å². The highest BCUT2D eigenvalue weighted by molar-refractivity contribution is 6.22. The third-order valence-electron chi connectivity index (χ3n) is 9.04. The van der Waals surface area contributed by atoms with Crippen LogP contribution in [0.3, 0.4) is 0 Å². The molecule has 4 unspecified atom stereocenters. The van der Waals surface area contributed by atoms with Crippen LogP contribution in [0, 0.1) is 30.6 Å². The van der Waals surface area contributed by atoms with Crippen LogP contribution in [0.15, 0.2) is 78.9 Å². The second-order valence-corrected chi connectivity index (χ2v) is 11.3. The van der Waals surface area contributed by atoms with Gasteiger partial charge in [0.05, 0.1) is 34.3 Å². The molecule has 3 aromatic carbocycles. The lowest BCUT2D eigenvalue weighted by Crippen LogP contribution is -2.32. The number of rotatable bonds is 6. The van der Waals surface area contributed by atoms with Gasteiger partial charge in [0, 0.05) is 16.5 Å². The van der Waals surface area contributed by atoms with Crippen molar-refractivity contribution in [2.75, 3.05) is 11.5 Å². The quantitative estimate of drug-likeness (QED) is 0.173. The molecule has 3 aliphatic rings. The molecule has 0 radical (unpaired) electrons. The van der Waals surface area contributed by atoms with Crippen molar-refractivity contribution in [3.05, 3.63) is 95.6 Å². The molecule has 2 bridgehead atoms. The number of amides is 2. The van der Waals surface area contributed by atoms with Crippen LogP contribution in [0.4, 0.5) is 5.69 Å². The van der Waals surface area contributed by atoms with Crippen LogP contribution in [0.5, 0.6) is 0 Å². The van der Waals surface area contributed by atoms with E-state index in [0.29, 0.717) is 45.2 Å². The lowest BCUT2D eigenvalue weighted by atomic mass is 9.81. The Hall–Kier alpha value is -4.65. The molecule has 2 saturated carbocycles. The molecule has 0 N–H and O–H groups in total. The van der Waals surface area contributed by atoms with E-state index in [1.165, 1.54) is 4.90 Å². The van der Waals surface area contributed by atoms with Gasteiger partial charge >= 0.3 is 5.97 Å². The summed E-state index contributed by atoms with van der Waals surface area (Å²) in [5.74, 6) is -0.730. The molecule has 3 fully saturated rings. The van der Waals surface area contributed by atoms with Crippen LogP contribution in [-0.2, 0) is 14.3 Å². The summed E-state index contributed by atoms with van der Waals surface area (Å²) < 4.78 is 5.45. The van der Waals surface area contributed by atoms with Gasteiger partial charge in [-0.15, -0.1) is 0 Å². The molecule has 7 heteroatoms. The zero-order valence-electron chi connectivity index (χ0n) is 22.6. The van der Waals surface area contributed by atoms with Crippen LogP contribution in [0.2, 0.25) is 0 Å². The van der Waals surface area contributed by atoms with Crippen LogP contribution in [-0.4, -0.2) is 35.2 Å². The molecule has 1 aromatic heterocycles. The van der Waals surface area contributed by atoms with E-state index in [9.17, 15) is 19.2 Å². The van der Waals surface area contributed by atoms with Crippen molar-refractivity contribution in [2.24, 2.45) is 23.7 Å². The number of nitrogens with zero attached hydrogens (tertiary/aromatic N) is 2. The van der Waals surface area contributed by atoms with Crippen molar-refractivity contribution < 1.29 is 23.9 Å². The molecule has 2 amide bonds. The molecule has 4 aromatic rings. The lowest BCUT2D eigenvalue weighted by Gasteiger charge is -2.19. The number of anilines is 1. The molecule has 7 nitrogen and oxygen atoms in total. The number of para-hydroxylation sites is 1. The van der Waals surface area contributed by atoms with E-state index in [1.807, 2.05) is 43.3 Å². The van der Waals surface area contributed by atoms with Gasteiger partial charge in [-0.05, 0) is 61.8 Å². The Bertz CT molecular complexity index is 1700. The van der Waals surface area contributed by atoms with Gasteiger partial charge < -0.3 is 4.74 Å². The number of carbonyl (C=O) groups is 4. The van der Waals surface area contributed by atoms with Crippen molar-refractivity contribution in [3.8, 4) is 11.3 Å². The molecule has 4 atom stereocenters. The predicted molar refractivity (Wildman–Crippen MR) is 153 cm³/mol. The monoisotopic (exact) mass is 544 g/mol. The molecule has 2 heterocycles. The number of ketones is 1. The zero-order valence-corrected chi connectivity index (χ0v) is 22.6. The summed E-state index contributed by atoms with van der Waals surface area (Å²) in [5, 5.41) is 0.636. The van der Waals surface area contributed by atoms with Gasteiger partial charge in [-0.3, -0.25) is 19.3 Å². The van der Waals surface area contributed by atoms with Crippen LogP contribution in [0.1, 0.15) is 45.5 Å². The number of hydrogen-bond acceptors (Lipinski definition) is 6. The van der Waals surface area contributed by atoms with Crippen molar-refractivity contribution >= 4 is 40.2 Å². The number of aryl methyl sites for hydroxylation is 1. The maximum atomic E-state index is 13.3. The van der Waals surface area contributed by atoms with E-state index in [0.717, 1.165) is 30.4 Å². The summed E-state index contributed by atoms with van der Waals surface area (Å²) >= 11 is 0. The summed E-state index contributed by atoms with van der Waals surface area (Å²) in [6.07, 6.45) is 3.07. The number of hydrogen-bond donors (Lipinski definition) is 0. The molecular formula is C34H28N2O5. The Morgan fingerprint density at radius 1 is 0.878 bits per heavy atom. The minimum Gasteiger partial charge on any atom is -0.454 e. The first kappa shape index (κ1) is 25.3. The number of esters is 1. The van der Waals surface area contributed by atoms with Gasteiger partial charge in [-0.25, -0.2) is 9.78 Å². The average molecular weight is 545 g/mol. The molecule has 41 heavy (non-hydrogen) atoms. The Morgan fingerprint density at radius 2 is 1.56 bits per heavy atom. The van der Waals surface area contributed by atoms with Crippen molar-refractivity contribution in [1.82, 2.24) is 4.98 Å². The second kappa shape index (κ2) is 9.77. The van der Waals surface area contributed by atoms with Gasteiger partial charge in [-0.1, -0.05) is 60.7 Å². The summed E-state index contributed by atoms with van der Waals surface area (Å²) in [4.78, 5) is 58.5. The minimum atomic E-state index is -0.611. The number of aromatic nitrogens is 1. The Labute approximate surface area is 237 Å². The number of pyridine rings is 1. The van der Waals surface area contributed by atoms with E-state index in [1.54, 1.807) is 42.5 Å². The highest BCUT2D eigenvalue weighted by Gasteiger charge is 2.61. The summed E-state index contributed by atoms with van der Waals surface area (Å²) in [7, 11) is 0. The summed E-state index contributed by atoms with van der Waals surface area (Å²) in [6.45, 7) is 1.55. The normalized spacial score (nSPS) is 22.8. The number of fused-ring (bicyclic) bond motifs is 6. The minimum absolute atomic E-state index is 0.0745. The topological polar surface area (TPSA) is 93.6 Å². The highest BCUT2D eigenvalue weighted by atomic mass is 16.5. The fourth-order valence-electron chi connectivity index (χ4n) is 7.07. The molecule has 1 saturated heterocycles. The zero-order chi connectivity index (χ0) is 28.2. The fourth-order valence-corrected chi connectivity index (χ4v) is 7.07. The standard InChI is InChI=1S/C34H28N2O5/c1-19-6-5-9-25-26(34(40)41-18-28(37)21-7-3-2-4-8-21)17-27(35-31(19)25)20-12-14-24(15-13-20)36-32(38)29-22-10-11-23(16-22)30(29)33(36)39/h2-9,12-15,17,22-23,29-30H,10-11,16,18H2,1H3. The van der Waals surface area contributed by atoms with Crippen LogP contribution in [0.25, 0.3) is 22.2 Å². The lowest BCUT2D eigenvalue weighted by molar-refractivity contribution is -0.123. The molecule has 204 valence electrons. The molecule has 1 aliphatic heterocycles. The Kier molecular flexibility index (Phi) is 6.03. The smallest absolute Gasteiger partial charge is 0.339 e. The van der Waals surface area contributed by atoms with Crippen molar-refractivity contribution in [1.29, 1.82) is 0 Å². The maximum absolute atomic E-state index is 13.3. The van der Waals surface area contributed by atoms with Gasteiger partial charge in [0.25, 0.3) is 0 Å². The van der Waals surface area contributed by atoms with Crippen LogP contribution < -0.4 is 4.90 Å². The molecule has 7 rings (SSSR count). The molecule has 0 spiro atoms. The van der Waals surface area contributed by atoms with Gasteiger partial charge in [0.15, 0.2) is 12.4 Å². The van der Waals surface area contributed by atoms with Gasteiger partial charge in [0.2, 0.25) is 11.8 Å². The first-order valence-electron chi connectivity index (χ1n) is 14.0. The average Bonchev–Trinajstić information content (AvgIpc) is 3.69. The SMILES string of the molecule is Cc1cccc2c(C(=O)OCC(=O)c3ccccc3)cc(-c3ccc(N4C(=O)C5C6CCC(C6)C5C4=O)cc3)nc12. The van der Waals surface area contributed by atoms with Gasteiger partial charge in [0.1, 0.15) is 0 Å². The number of benzene rings is 3. The predicted octanol–water partition coefficient (Wildman–Crippen LogP) is 5.79. The van der Waals surface area contributed by atoms with E-state index < -0.39 is 5.97 Å². The first-order valence-corrected chi connectivity index (χ1v) is 14.0. The second-order valence-electron chi connectivity index (χ2n) is 11.3. The first-order chi connectivity index (χ1) is 19.9. The Balaban J connectivity index is 1.18. The molecule has 2 aliphatic carbocycles. The fraction of sp³-hybridized carbons (Fsp3) is 0.265. The van der Waals surface area contributed by atoms with Gasteiger partial charge in [-0.2, -0.15) is 0 Å². The van der Waals surface area contributed by atoms with Crippen molar-refractivity contribution in [2.45, 2.75) is 26.2 Å². The van der Waals surface area contributed by atoms with E-state index >= 15 is 0 Å². The Morgan fingerprint density at radius 3 is 2.24 bits per heavy atom.